The second-order valence-corrected chi connectivity index (χ2v) is 9.51. The average molecular weight is 453 g/mol. The van der Waals surface area contributed by atoms with Crippen LogP contribution in [0.2, 0.25) is 5.02 Å². The lowest BCUT2D eigenvalue weighted by Gasteiger charge is -2.23. The number of nitrogens with one attached hydrogen (secondary N) is 1. The number of anilines is 1. The van der Waals surface area contributed by atoms with Crippen molar-refractivity contribution >= 4 is 33.2 Å². The second kappa shape index (κ2) is 10.7. The molecule has 0 radical (unpaired) electrons. The van der Waals surface area contributed by atoms with E-state index >= 15 is 0 Å². The molecule has 2 rings (SSSR count). The summed E-state index contributed by atoms with van der Waals surface area (Å²) in [4.78, 5) is 12.4. The molecule has 1 amide bonds. The van der Waals surface area contributed by atoms with Gasteiger partial charge in [-0.25, -0.2) is 8.42 Å². The lowest BCUT2D eigenvalue weighted by atomic mass is 10.0. The molecule has 2 aromatic rings. The van der Waals surface area contributed by atoms with Crippen LogP contribution in [-0.4, -0.2) is 34.2 Å². The van der Waals surface area contributed by atoms with Crippen molar-refractivity contribution in [2.24, 2.45) is 0 Å². The molecule has 0 fully saturated rings. The first kappa shape index (κ1) is 24.0. The van der Waals surface area contributed by atoms with Crippen LogP contribution in [0.1, 0.15) is 43.4 Å². The molecular weight excluding hydrogens is 424 g/mol. The van der Waals surface area contributed by atoms with Gasteiger partial charge in [0, 0.05) is 13.0 Å². The first-order valence-corrected chi connectivity index (χ1v) is 12.1. The van der Waals surface area contributed by atoms with Gasteiger partial charge in [-0.15, -0.1) is 0 Å². The van der Waals surface area contributed by atoms with Gasteiger partial charge in [0.2, 0.25) is 15.9 Å². The summed E-state index contributed by atoms with van der Waals surface area (Å²) in [5.41, 5.74) is 2.66. The maximum absolute atomic E-state index is 12.4. The average Bonchev–Trinajstić information content (AvgIpc) is 2.69. The molecule has 30 heavy (non-hydrogen) atoms. The van der Waals surface area contributed by atoms with E-state index in [0.29, 0.717) is 22.9 Å². The number of ether oxygens (including phenoxy) is 1. The standard InChI is InChI=1S/C22H29ClN2O4S/c1-5-20(17-10-8-16(2)9-11-17)24-22(26)7-6-14-25(30(4,27)28)18-12-13-21(29-3)19(23)15-18/h8-13,15,20H,5-7,14H2,1-4H3,(H,24,26)/t20-/m1/s1. The molecule has 6 nitrogen and oxygen atoms in total. The van der Waals surface area contributed by atoms with Gasteiger partial charge >= 0.3 is 0 Å². The summed E-state index contributed by atoms with van der Waals surface area (Å²) in [5.74, 6) is 0.360. The summed E-state index contributed by atoms with van der Waals surface area (Å²) in [5, 5.41) is 3.36. The van der Waals surface area contributed by atoms with Crippen molar-refractivity contribution in [3.05, 3.63) is 58.6 Å². The molecule has 0 bridgehead atoms. The molecule has 0 aliphatic heterocycles. The summed E-state index contributed by atoms with van der Waals surface area (Å²) in [6.07, 6.45) is 2.51. The summed E-state index contributed by atoms with van der Waals surface area (Å²) in [6.45, 7) is 4.21. The van der Waals surface area contributed by atoms with Gasteiger partial charge in [0.1, 0.15) is 5.75 Å². The molecule has 1 atom stereocenters. The highest BCUT2D eigenvalue weighted by Gasteiger charge is 2.19. The third-order valence-corrected chi connectivity index (χ3v) is 6.30. The number of amides is 1. The van der Waals surface area contributed by atoms with E-state index in [-0.39, 0.29) is 24.9 Å². The van der Waals surface area contributed by atoms with E-state index in [4.69, 9.17) is 16.3 Å². The number of aryl methyl sites for hydroxylation is 1. The highest BCUT2D eigenvalue weighted by molar-refractivity contribution is 7.92. The maximum Gasteiger partial charge on any atom is 0.232 e. The highest BCUT2D eigenvalue weighted by atomic mass is 35.5. The van der Waals surface area contributed by atoms with Crippen LogP contribution in [0.25, 0.3) is 0 Å². The van der Waals surface area contributed by atoms with Gasteiger partial charge in [0.25, 0.3) is 0 Å². The molecule has 1 N–H and O–H groups in total. The molecule has 2 aromatic carbocycles. The van der Waals surface area contributed by atoms with Crippen molar-refractivity contribution < 1.29 is 17.9 Å². The van der Waals surface area contributed by atoms with Gasteiger partial charge in [0.05, 0.1) is 30.1 Å². The molecule has 0 unspecified atom stereocenters. The lowest BCUT2D eigenvalue weighted by molar-refractivity contribution is -0.121. The highest BCUT2D eigenvalue weighted by Crippen LogP contribution is 2.30. The zero-order valence-corrected chi connectivity index (χ0v) is 19.4. The Hall–Kier alpha value is -2.25. The van der Waals surface area contributed by atoms with E-state index in [1.54, 1.807) is 18.2 Å². The van der Waals surface area contributed by atoms with E-state index in [2.05, 4.69) is 5.32 Å². The van der Waals surface area contributed by atoms with Crippen LogP contribution in [0, 0.1) is 6.92 Å². The smallest absolute Gasteiger partial charge is 0.232 e. The zero-order chi connectivity index (χ0) is 22.3. The van der Waals surface area contributed by atoms with Gasteiger partial charge in [-0.05, 0) is 43.5 Å². The summed E-state index contributed by atoms with van der Waals surface area (Å²) < 4.78 is 30.9. The van der Waals surface area contributed by atoms with E-state index in [1.165, 1.54) is 17.0 Å². The summed E-state index contributed by atoms with van der Waals surface area (Å²) in [7, 11) is -2.03. The van der Waals surface area contributed by atoms with Crippen molar-refractivity contribution in [1.82, 2.24) is 5.32 Å². The SMILES string of the molecule is CC[C@@H](NC(=O)CCCN(c1ccc(OC)c(Cl)c1)S(C)(=O)=O)c1ccc(C)cc1. The molecule has 0 saturated carbocycles. The number of carbonyl (C=O) groups is 1. The molecule has 0 heterocycles. The Morgan fingerprint density at radius 1 is 1.20 bits per heavy atom. The molecule has 0 aliphatic carbocycles. The van der Waals surface area contributed by atoms with Crippen molar-refractivity contribution in [1.29, 1.82) is 0 Å². The Kier molecular flexibility index (Phi) is 8.55. The van der Waals surface area contributed by atoms with Crippen molar-refractivity contribution in [3.63, 3.8) is 0 Å². The third-order valence-electron chi connectivity index (χ3n) is 4.81. The van der Waals surface area contributed by atoms with E-state index in [9.17, 15) is 13.2 Å². The monoisotopic (exact) mass is 452 g/mol. The Morgan fingerprint density at radius 2 is 1.87 bits per heavy atom. The topological polar surface area (TPSA) is 75.7 Å². The summed E-state index contributed by atoms with van der Waals surface area (Å²) >= 11 is 6.14. The minimum atomic E-state index is -3.52. The first-order chi connectivity index (χ1) is 14.2. The zero-order valence-electron chi connectivity index (χ0n) is 17.8. The van der Waals surface area contributed by atoms with Crippen molar-refractivity contribution in [3.8, 4) is 5.75 Å². The van der Waals surface area contributed by atoms with Crippen molar-refractivity contribution in [2.75, 3.05) is 24.2 Å². The number of sulfonamides is 1. The molecule has 164 valence electrons. The number of carbonyl (C=O) groups excluding carboxylic acids is 1. The van der Waals surface area contributed by atoms with Crippen LogP contribution in [-0.2, 0) is 14.8 Å². The van der Waals surface area contributed by atoms with Crippen LogP contribution >= 0.6 is 11.6 Å². The molecule has 0 spiro atoms. The van der Waals surface area contributed by atoms with Gasteiger partial charge < -0.3 is 10.1 Å². The van der Waals surface area contributed by atoms with E-state index in [1.807, 2.05) is 38.1 Å². The van der Waals surface area contributed by atoms with Gasteiger partial charge in [-0.3, -0.25) is 9.10 Å². The largest absolute Gasteiger partial charge is 0.495 e. The Labute approximate surface area is 184 Å². The van der Waals surface area contributed by atoms with E-state index in [0.717, 1.165) is 18.2 Å². The lowest BCUT2D eigenvalue weighted by Crippen LogP contribution is -2.33. The Balaban J connectivity index is 2.00. The third kappa shape index (κ3) is 6.64. The minimum absolute atomic E-state index is 0.0653. The normalized spacial score (nSPS) is 12.3. The van der Waals surface area contributed by atoms with Crippen LogP contribution in [0.4, 0.5) is 5.69 Å². The second-order valence-electron chi connectivity index (χ2n) is 7.20. The van der Waals surface area contributed by atoms with Gasteiger partial charge in [0.15, 0.2) is 0 Å². The summed E-state index contributed by atoms with van der Waals surface area (Å²) in [6, 6.07) is 12.8. The number of methoxy groups -OCH3 is 1. The Morgan fingerprint density at radius 3 is 2.40 bits per heavy atom. The van der Waals surface area contributed by atoms with E-state index < -0.39 is 10.0 Å². The number of hydrogen-bond donors (Lipinski definition) is 1. The first-order valence-electron chi connectivity index (χ1n) is 9.83. The fourth-order valence-electron chi connectivity index (χ4n) is 3.17. The predicted molar refractivity (Wildman–Crippen MR) is 122 cm³/mol. The molecular formula is C22H29ClN2O4S. The fourth-order valence-corrected chi connectivity index (χ4v) is 4.38. The fraction of sp³-hybridized carbons (Fsp3) is 0.409. The van der Waals surface area contributed by atoms with Crippen LogP contribution in [0.5, 0.6) is 5.75 Å². The minimum Gasteiger partial charge on any atom is -0.495 e. The van der Waals surface area contributed by atoms with Crippen molar-refractivity contribution in [2.45, 2.75) is 39.2 Å². The van der Waals surface area contributed by atoms with Gasteiger partial charge in [-0.2, -0.15) is 0 Å². The number of hydrogen-bond acceptors (Lipinski definition) is 4. The van der Waals surface area contributed by atoms with Crippen LogP contribution in [0.3, 0.4) is 0 Å². The predicted octanol–water partition coefficient (Wildman–Crippen LogP) is 4.47. The van der Waals surface area contributed by atoms with Gasteiger partial charge in [-0.1, -0.05) is 48.4 Å². The number of benzene rings is 2. The number of halogens is 1. The number of rotatable bonds is 10. The molecule has 0 aromatic heterocycles. The molecule has 8 heteroatoms. The van der Waals surface area contributed by atoms with Crippen LogP contribution < -0.4 is 14.4 Å². The maximum atomic E-state index is 12.4. The Bertz CT molecular complexity index is 962. The molecule has 0 saturated heterocycles. The van der Waals surface area contributed by atoms with Crippen LogP contribution in [0.15, 0.2) is 42.5 Å². The molecule has 0 aliphatic rings. The quantitative estimate of drug-likeness (QED) is 0.577. The number of nitrogens with zero attached hydrogens (tertiary/aromatic N) is 1.